The third kappa shape index (κ3) is 4.19. The average molecular weight is 346 g/mol. The van der Waals surface area contributed by atoms with Crippen LogP contribution in [0.25, 0.3) is 0 Å². The minimum absolute atomic E-state index is 0.485. The number of hydrogen-bond acceptors (Lipinski definition) is 4. The van der Waals surface area contributed by atoms with Crippen molar-refractivity contribution in [2.24, 2.45) is 0 Å². The van der Waals surface area contributed by atoms with Gasteiger partial charge in [0.25, 0.3) is 0 Å². The molecule has 0 aliphatic heterocycles. The fourth-order valence-electron chi connectivity index (χ4n) is 1.55. The van der Waals surface area contributed by atoms with E-state index in [0.29, 0.717) is 30.5 Å². The molecule has 0 saturated heterocycles. The van der Waals surface area contributed by atoms with E-state index in [1.165, 1.54) is 0 Å². The van der Waals surface area contributed by atoms with Crippen molar-refractivity contribution in [1.29, 1.82) is 0 Å². The minimum Gasteiger partial charge on any atom is -0.490 e. The van der Waals surface area contributed by atoms with E-state index in [0.717, 1.165) is 10.2 Å². The third-order valence-corrected chi connectivity index (χ3v) is 3.22. The first-order valence-electron chi connectivity index (χ1n) is 5.80. The molecule has 2 aromatic rings. The first-order chi connectivity index (χ1) is 9.19. The predicted molar refractivity (Wildman–Crippen MR) is 77.4 cm³/mol. The van der Waals surface area contributed by atoms with Gasteiger partial charge in [-0.3, -0.25) is 0 Å². The third-order valence-electron chi connectivity index (χ3n) is 2.42. The maximum Gasteiger partial charge on any atom is 0.139 e. The summed E-state index contributed by atoms with van der Waals surface area (Å²) in [6.45, 7) is 1.82. The van der Waals surface area contributed by atoms with Crippen LogP contribution in [-0.2, 0) is 13.1 Å². The van der Waals surface area contributed by atoms with Gasteiger partial charge in [0.1, 0.15) is 12.4 Å². The number of nitrogens with one attached hydrogen (secondary N) is 1. The molecule has 0 spiro atoms. The number of rotatable bonds is 6. The second kappa shape index (κ2) is 6.88. The first kappa shape index (κ1) is 14.3. The maximum absolute atomic E-state index is 6.03. The zero-order chi connectivity index (χ0) is 13.7. The topological polar surface area (TPSA) is 52.0 Å². The molecule has 7 heteroatoms. The Morgan fingerprint density at radius 3 is 3.11 bits per heavy atom. The van der Waals surface area contributed by atoms with Crippen LogP contribution in [0, 0.1) is 0 Å². The lowest BCUT2D eigenvalue weighted by Crippen LogP contribution is -2.09. The van der Waals surface area contributed by atoms with Crippen LogP contribution in [-0.4, -0.2) is 28.6 Å². The Labute approximate surface area is 125 Å². The van der Waals surface area contributed by atoms with Gasteiger partial charge in [-0.2, -0.15) is 0 Å². The van der Waals surface area contributed by atoms with Crippen molar-refractivity contribution < 1.29 is 4.74 Å². The number of nitrogens with zero attached hydrogens (tertiary/aromatic N) is 3. The lowest BCUT2D eigenvalue weighted by atomic mass is 10.3. The fraction of sp³-hybridized carbons (Fsp3) is 0.333. The molecule has 0 saturated carbocycles. The van der Waals surface area contributed by atoms with Crippen LogP contribution in [0.15, 0.2) is 28.9 Å². The van der Waals surface area contributed by atoms with E-state index >= 15 is 0 Å². The van der Waals surface area contributed by atoms with E-state index in [4.69, 9.17) is 16.3 Å². The highest BCUT2D eigenvalue weighted by atomic mass is 79.9. The van der Waals surface area contributed by atoms with Crippen molar-refractivity contribution in [1.82, 2.24) is 20.3 Å². The molecule has 1 aromatic heterocycles. The summed E-state index contributed by atoms with van der Waals surface area (Å²) in [5.74, 6) is 0.659. The van der Waals surface area contributed by atoms with Crippen LogP contribution in [0.2, 0.25) is 5.02 Å². The number of halogens is 2. The molecule has 0 aliphatic carbocycles. The molecular formula is C12H14BrClN4O. The zero-order valence-corrected chi connectivity index (χ0v) is 12.8. The standard InChI is InChI=1S/C12H14BrClN4O/c1-15-7-10-8-18(17-16-10)4-5-19-12-6-9(13)2-3-11(12)14/h2-3,6,8,15H,4-5,7H2,1H3. The Kier molecular flexibility index (Phi) is 5.18. The summed E-state index contributed by atoms with van der Waals surface area (Å²) < 4.78 is 8.31. The summed E-state index contributed by atoms with van der Waals surface area (Å²) in [5.41, 5.74) is 0.906. The van der Waals surface area contributed by atoms with Crippen LogP contribution in [0.1, 0.15) is 5.69 Å². The highest BCUT2D eigenvalue weighted by molar-refractivity contribution is 9.10. The molecule has 1 heterocycles. The molecule has 1 aromatic carbocycles. The Morgan fingerprint density at radius 2 is 2.32 bits per heavy atom. The van der Waals surface area contributed by atoms with Gasteiger partial charge in [-0.05, 0) is 25.2 Å². The maximum atomic E-state index is 6.03. The molecule has 0 aliphatic rings. The van der Waals surface area contributed by atoms with E-state index in [1.54, 1.807) is 10.7 Å². The number of aromatic nitrogens is 3. The largest absolute Gasteiger partial charge is 0.490 e. The molecule has 0 unspecified atom stereocenters. The van der Waals surface area contributed by atoms with Gasteiger partial charge in [0.15, 0.2) is 0 Å². The summed E-state index contributed by atoms with van der Waals surface area (Å²) in [4.78, 5) is 0. The molecular weight excluding hydrogens is 332 g/mol. The van der Waals surface area contributed by atoms with Gasteiger partial charge in [0, 0.05) is 17.2 Å². The normalized spacial score (nSPS) is 10.7. The van der Waals surface area contributed by atoms with E-state index in [-0.39, 0.29) is 0 Å². The van der Waals surface area contributed by atoms with Crippen molar-refractivity contribution in [2.75, 3.05) is 13.7 Å². The Morgan fingerprint density at radius 1 is 1.47 bits per heavy atom. The molecule has 19 heavy (non-hydrogen) atoms. The number of ether oxygens (including phenoxy) is 1. The first-order valence-corrected chi connectivity index (χ1v) is 6.97. The summed E-state index contributed by atoms with van der Waals surface area (Å²) in [6.07, 6.45) is 1.89. The molecule has 5 nitrogen and oxygen atoms in total. The molecule has 102 valence electrons. The van der Waals surface area contributed by atoms with Crippen molar-refractivity contribution in [3.8, 4) is 5.75 Å². The van der Waals surface area contributed by atoms with Gasteiger partial charge < -0.3 is 10.1 Å². The summed E-state index contributed by atoms with van der Waals surface area (Å²) in [5, 5.41) is 11.7. The molecule has 0 amide bonds. The summed E-state index contributed by atoms with van der Waals surface area (Å²) >= 11 is 9.42. The van der Waals surface area contributed by atoms with Gasteiger partial charge in [0.2, 0.25) is 0 Å². The highest BCUT2D eigenvalue weighted by Crippen LogP contribution is 2.27. The summed E-state index contributed by atoms with van der Waals surface area (Å²) in [6, 6.07) is 5.51. The molecule has 0 radical (unpaired) electrons. The van der Waals surface area contributed by atoms with E-state index in [9.17, 15) is 0 Å². The number of benzene rings is 1. The zero-order valence-electron chi connectivity index (χ0n) is 10.4. The van der Waals surface area contributed by atoms with Crippen molar-refractivity contribution in [3.05, 3.63) is 39.6 Å². The molecule has 1 N–H and O–H groups in total. The van der Waals surface area contributed by atoms with Crippen LogP contribution in [0.3, 0.4) is 0 Å². The lowest BCUT2D eigenvalue weighted by molar-refractivity contribution is 0.289. The Bertz CT molecular complexity index is 546. The van der Waals surface area contributed by atoms with Crippen molar-refractivity contribution >= 4 is 27.5 Å². The highest BCUT2D eigenvalue weighted by Gasteiger charge is 2.03. The Balaban J connectivity index is 1.87. The van der Waals surface area contributed by atoms with Gasteiger partial charge in [-0.25, -0.2) is 4.68 Å². The molecule has 2 rings (SSSR count). The molecule has 0 bridgehead atoms. The van der Waals surface area contributed by atoms with Gasteiger partial charge in [-0.15, -0.1) is 5.10 Å². The summed E-state index contributed by atoms with van der Waals surface area (Å²) in [7, 11) is 1.87. The number of hydrogen-bond donors (Lipinski definition) is 1. The molecule has 0 atom stereocenters. The average Bonchev–Trinajstić information content (AvgIpc) is 2.82. The minimum atomic E-state index is 0.485. The predicted octanol–water partition coefficient (Wildman–Crippen LogP) is 2.49. The fourth-order valence-corrected chi connectivity index (χ4v) is 2.06. The van der Waals surface area contributed by atoms with Crippen LogP contribution >= 0.6 is 27.5 Å². The van der Waals surface area contributed by atoms with Crippen molar-refractivity contribution in [2.45, 2.75) is 13.1 Å². The van der Waals surface area contributed by atoms with Gasteiger partial charge >= 0.3 is 0 Å². The van der Waals surface area contributed by atoms with E-state index in [2.05, 4.69) is 31.6 Å². The van der Waals surface area contributed by atoms with Gasteiger partial charge in [-0.1, -0.05) is 32.7 Å². The lowest BCUT2D eigenvalue weighted by Gasteiger charge is -2.08. The second-order valence-corrected chi connectivity index (χ2v) is 5.25. The van der Waals surface area contributed by atoms with Crippen LogP contribution < -0.4 is 10.1 Å². The smallest absolute Gasteiger partial charge is 0.139 e. The van der Waals surface area contributed by atoms with E-state index in [1.807, 2.05) is 25.4 Å². The van der Waals surface area contributed by atoms with Crippen LogP contribution in [0.5, 0.6) is 5.75 Å². The SMILES string of the molecule is CNCc1cn(CCOc2cc(Br)ccc2Cl)nn1. The molecule has 0 fully saturated rings. The van der Waals surface area contributed by atoms with Crippen molar-refractivity contribution in [3.63, 3.8) is 0 Å². The second-order valence-electron chi connectivity index (χ2n) is 3.93. The van der Waals surface area contributed by atoms with Crippen LogP contribution in [0.4, 0.5) is 0 Å². The van der Waals surface area contributed by atoms with Gasteiger partial charge in [0.05, 0.1) is 17.3 Å². The van der Waals surface area contributed by atoms with E-state index < -0.39 is 0 Å². The monoisotopic (exact) mass is 344 g/mol. The Hall–Kier alpha value is -1.11. The quantitative estimate of drug-likeness (QED) is 0.874.